The summed E-state index contributed by atoms with van der Waals surface area (Å²) < 4.78 is 13.1. The Bertz CT molecular complexity index is 1160. The second kappa shape index (κ2) is 8.88. The number of Topliss-reactive ketones (excluding diaryl/α,β-unsaturated/α-hetero) is 1. The van der Waals surface area contributed by atoms with Crippen LogP contribution in [0, 0.1) is 5.95 Å². The normalized spacial score (nSPS) is 17.6. The lowest BCUT2D eigenvalue weighted by Gasteiger charge is -2.25. The number of fused-ring (bicyclic) bond motifs is 1. The second-order valence-electron chi connectivity index (χ2n) is 9.12. The Morgan fingerprint density at radius 2 is 2.15 bits per heavy atom. The summed E-state index contributed by atoms with van der Waals surface area (Å²) in [6, 6.07) is 4.62. The number of aromatic amines is 1. The highest BCUT2D eigenvalue weighted by molar-refractivity contribution is 5.89. The van der Waals surface area contributed by atoms with E-state index in [1.807, 2.05) is 11.0 Å². The van der Waals surface area contributed by atoms with Crippen LogP contribution in [0.1, 0.15) is 61.5 Å². The number of hydrogen-bond acceptors (Lipinski definition) is 7. The topological polar surface area (TPSA) is 99.7 Å². The van der Waals surface area contributed by atoms with Crippen molar-refractivity contribution in [3.63, 3.8) is 0 Å². The first kappa shape index (κ1) is 21.5. The number of pyridine rings is 1. The largest absolute Gasteiger partial charge is 0.331 e. The molecule has 9 heteroatoms. The van der Waals surface area contributed by atoms with Crippen LogP contribution in [0.15, 0.2) is 24.4 Å². The maximum absolute atomic E-state index is 13.1. The Kier molecular flexibility index (Phi) is 5.78. The summed E-state index contributed by atoms with van der Waals surface area (Å²) in [5.74, 6) is 1.98. The van der Waals surface area contributed by atoms with Crippen LogP contribution in [0.3, 0.4) is 0 Å². The number of aromatic nitrogens is 5. The summed E-state index contributed by atoms with van der Waals surface area (Å²) in [6.45, 7) is 4.96. The third kappa shape index (κ3) is 4.44. The quantitative estimate of drug-likeness (QED) is 0.528. The fraction of sp³-hybridized carbons (Fsp3) is 0.458. The van der Waals surface area contributed by atoms with Crippen LogP contribution < -0.4 is 10.2 Å². The lowest BCUT2D eigenvalue weighted by atomic mass is 10.0. The molecule has 1 aliphatic heterocycles. The SMILES string of the molecule is CC(C)c1cc(Nc2nc(N3CCCC3C(=O)Cc3ccc(F)nc3)nc3c2CCC3)n[nH]1. The predicted molar refractivity (Wildman–Crippen MR) is 123 cm³/mol. The second-order valence-corrected chi connectivity index (χ2v) is 9.12. The van der Waals surface area contributed by atoms with E-state index in [0.29, 0.717) is 17.4 Å². The number of hydrogen-bond donors (Lipinski definition) is 2. The van der Waals surface area contributed by atoms with Gasteiger partial charge in [0.05, 0.1) is 11.7 Å². The number of carbonyl (C=O) groups is 1. The first-order chi connectivity index (χ1) is 16.0. The van der Waals surface area contributed by atoms with E-state index < -0.39 is 5.95 Å². The summed E-state index contributed by atoms with van der Waals surface area (Å²) in [7, 11) is 0. The molecule has 0 radical (unpaired) electrons. The van der Waals surface area contributed by atoms with Crippen LogP contribution in [0.4, 0.5) is 22.0 Å². The number of nitrogens with one attached hydrogen (secondary N) is 2. The minimum Gasteiger partial charge on any atom is -0.331 e. The van der Waals surface area contributed by atoms with Gasteiger partial charge in [-0.25, -0.2) is 9.97 Å². The molecule has 1 saturated heterocycles. The number of anilines is 3. The van der Waals surface area contributed by atoms with E-state index in [0.717, 1.165) is 67.2 Å². The Hall–Kier alpha value is -3.36. The van der Waals surface area contributed by atoms with Gasteiger partial charge in [0.2, 0.25) is 11.9 Å². The van der Waals surface area contributed by atoms with Crippen molar-refractivity contribution in [3.05, 3.63) is 52.9 Å². The van der Waals surface area contributed by atoms with Gasteiger partial charge in [-0.3, -0.25) is 9.89 Å². The molecule has 3 aromatic heterocycles. The van der Waals surface area contributed by atoms with Crippen molar-refractivity contribution in [2.24, 2.45) is 0 Å². The summed E-state index contributed by atoms with van der Waals surface area (Å²) in [4.78, 5) is 28.5. The number of H-pyrrole nitrogens is 1. The fourth-order valence-corrected chi connectivity index (χ4v) is 4.64. The maximum Gasteiger partial charge on any atom is 0.228 e. The summed E-state index contributed by atoms with van der Waals surface area (Å²) in [5.41, 5.74) is 3.95. The van der Waals surface area contributed by atoms with Gasteiger partial charge in [-0.15, -0.1) is 0 Å². The first-order valence-corrected chi connectivity index (χ1v) is 11.6. The molecule has 0 amide bonds. The molecular weight excluding hydrogens is 421 g/mol. The Morgan fingerprint density at radius 3 is 2.91 bits per heavy atom. The number of ketones is 1. The van der Waals surface area contributed by atoms with Gasteiger partial charge in [0, 0.05) is 36.5 Å². The van der Waals surface area contributed by atoms with Gasteiger partial charge in [-0.2, -0.15) is 14.5 Å². The molecular formula is C24H28FN7O. The molecule has 2 N–H and O–H groups in total. The predicted octanol–water partition coefficient (Wildman–Crippen LogP) is 3.87. The molecule has 0 aromatic carbocycles. The van der Waals surface area contributed by atoms with Crippen molar-refractivity contribution in [1.82, 2.24) is 25.1 Å². The maximum atomic E-state index is 13.1. The van der Waals surface area contributed by atoms with Gasteiger partial charge in [0.25, 0.3) is 0 Å². The van der Waals surface area contributed by atoms with E-state index in [2.05, 4.69) is 34.3 Å². The summed E-state index contributed by atoms with van der Waals surface area (Å²) >= 11 is 0. The summed E-state index contributed by atoms with van der Waals surface area (Å²) in [6.07, 6.45) is 6.18. The number of nitrogens with zero attached hydrogens (tertiary/aromatic N) is 5. The number of rotatable bonds is 7. The molecule has 1 atom stereocenters. The smallest absolute Gasteiger partial charge is 0.228 e. The molecule has 1 fully saturated rings. The highest BCUT2D eigenvalue weighted by Gasteiger charge is 2.33. The van der Waals surface area contributed by atoms with Crippen molar-refractivity contribution < 1.29 is 9.18 Å². The zero-order valence-electron chi connectivity index (χ0n) is 18.9. The minimum atomic E-state index is -0.544. The van der Waals surface area contributed by atoms with Crippen molar-refractivity contribution in [2.45, 2.75) is 64.3 Å². The van der Waals surface area contributed by atoms with Gasteiger partial charge >= 0.3 is 0 Å². The third-order valence-electron chi connectivity index (χ3n) is 6.44. The molecule has 4 heterocycles. The first-order valence-electron chi connectivity index (χ1n) is 11.6. The van der Waals surface area contributed by atoms with Gasteiger partial charge < -0.3 is 10.2 Å². The highest BCUT2D eigenvalue weighted by Crippen LogP contribution is 2.33. The number of halogens is 1. The standard InChI is InChI=1S/C24H28FN7O/c1-14(2)18-12-22(31-30-18)28-23-16-5-3-6-17(16)27-24(29-23)32-10-4-7-19(32)20(33)11-15-8-9-21(25)26-13-15/h8-9,12-14,19H,3-7,10-11H2,1-2H3,(H2,27,28,29,30,31). The van der Waals surface area contributed by atoms with Crippen molar-refractivity contribution in [3.8, 4) is 0 Å². The molecule has 33 heavy (non-hydrogen) atoms. The molecule has 0 bridgehead atoms. The minimum absolute atomic E-state index is 0.0772. The van der Waals surface area contributed by atoms with Gasteiger partial charge in [0.15, 0.2) is 11.6 Å². The number of aryl methyl sites for hydroxylation is 1. The van der Waals surface area contributed by atoms with Gasteiger partial charge in [-0.05, 0) is 49.7 Å². The molecule has 1 aliphatic carbocycles. The molecule has 0 saturated carbocycles. The van der Waals surface area contributed by atoms with Crippen LogP contribution in [-0.4, -0.2) is 43.5 Å². The molecule has 0 spiro atoms. The third-order valence-corrected chi connectivity index (χ3v) is 6.44. The Labute approximate surface area is 192 Å². The van der Waals surface area contributed by atoms with E-state index in [-0.39, 0.29) is 18.2 Å². The van der Waals surface area contributed by atoms with Gasteiger partial charge in [-0.1, -0.05) is 19.9 Å². The van der Waals surface area contributed by atoms with Crippen LogP contribution in [0.5, 0.6) is 0 Å². The van der Waals surface area contributed by atoms with Crippen LogP contribution >= 0.6 is 0 Å². The van der Waals surface area contributed by atoms with E-state index >= 15 is 0 Å². The van der Waals surface area contributed by atoms with E-state index in [1.165, 1.54) is 12.3 Å². The van der Waals surface area contributed by atoms with Crippen LogP contribution in [-0.2, 0) is 24.1 Å². The van der Waals surface area contributed by atoms with Gasteiger partial charge in [0.1, 0.15) is 5.82 Å². The Morgan fingerprint density at radius 1 is 1.27 bits per heavy atom. The molecule has 172 valence electrons. The molecule has 2 aliphatic rings. The molecule has 1 unspecified atom stereocenters. The van der Waals surface area contributed by atoms with Crippen molar-refractivity contribution >= 4 is 23.4 Å². The zero-order valence-corrected chi connectivity index (χ0v) is 18.9. The fourth-order valence-electron chi connectivity index (χ4n) is 4.64. The zero-order chi connectivity index (χ0) is 22.9. The van der Waals surface area contributed by atoms with Crippen molar-refractivity contribution in [1.29, 1.82) is 0 Å². The summed E-state index contributed by atoms with van der Waals surface area (Å²) in [5, 5.41) is 10.8. The lowest BCUT2D eigenvalue weighted by molar-refractivity contribution is -0.119. The van der Waals surface area contributed by atoms with Crippen LogP contribution in [0.2, 0.25) is 0 Å². The highest BCUT2D eigenvalue weighted by atomic mass is 19.1. The van der Waals surface area contributed by atoms with Crippen molar-refractivity contribution in [2.75, 3.05) is 16.8 Å². The van der Waals surface area contributed by atoms with E-state index in [1.54, 1.807) is 6.07 Å². The van der Waals surface area contributed by atoms with Crippen LogP contribution in [0.25, 0.3) is 0 Å². The van der Waals surface area contributed by atoms with E-state index in [9.17, 15) is 9.18 Å². The molecule has 8 nitrogen and oxygen atoms in total. The Balaban J connectivity index is 1.40. The lowest BCUT2D eigenvalue weighted by Crippen LogP contribution is -2.38. The molecule has 5 rings (SSSR count). The molecule has 3 aromatic rings. The number of carbonyl (C=O) groups excluding carboxylic acids is 1. The average molecular weight is 450 g/mol. The average Bonchev–Trinajstić information content (AvgIpc) is 3.55. The monoisotopic (exact) mass is 449 g/mol. The van der Waals surface area contributed by atoms with E-state index in [4.69, 9.17) is 9.97 Å².